The highest BCUT2D eigenvalue weighted by Gasteiger charge is 2.28. The first-order valence-corrected chi connectivity index (χ1v) is 9.67. The number of rotatable bonds is 9. The molecule has 140 valence electrons. The summed E-state index contributed by atoms with van der Waals surface area (Å²) in [5.41, 5.74) is 5.71. The van der Waals surface area contributed by atoms with Crippen LogP contribution in [0.25, 0.3) is 11.2 Å². The topological polar surface area (TPSA) is 134 Å². The summed E-state index contributed by atoms with van der Waals surface area (Å²) in [6.07, 6.45) is 0.825. The SMILES string of the molecule is CC(C)OP(=O)(COCCn1cnc2c(=O)[nH]c(N)nc21)OC(C)C. The van der Waals surface area contributed by atoms with Crippen molar-refractivity contribution in [2.24, 2.45) is 0 Å². The molecule has 0 bridgehead atoms. The average molecular weight is 373 g/mol. The van der Waals surface area contributed by atoms with Gasteiger partial charge in [-0.25, -0.2) is 4.98 Å². The Kier molecular flexibility index (Phi) is 6.34. The van der Waals surface area contributed by atoms with E-state index in [9.17, 15) is 9.36 Å². The van der Waals surface area contributed by atoms with Crippen molar-refractivity contribution in [3.63, 3.8) is 0 Å². The monoisotopic (exact) mass is 373 g/mol. The number of ether oxygens (including phenoxy) is 1. The third-order valence-corrected chi connectivity index (χ3v) is 4.95. The van der Waals surface area contributed by atoms with Gasteiger partial charge in [-0.1, -0.05) is 0 Å². The second-order valence-electron chi connectivity index (χ2n) is 6.02. The Morgan fingerprint density at radius 3 is 2.52 bits per heavy atom. The van der Waals surface area contributed by atoms with Crippen LogP contribution >= 0.6 is 7.60 Å². The predicted octanol–water partition coefficient (Wildman–Crippen LogP) is 1.72. The molecule has 0 unspecified atom stereocenters. The Bertz CT molecular complexity index is 802. The van der Waals surface area contributed by atoms with Crippen molar-refractivity contribution >= 4 is 24.7 Å². The molecule has 11 heteroatoms. The third-order valence-electron chi connectivity index (χ3n) is 2.96. The molecule has 0 spiro atoms. The van der Waals surface area contributed by atoms with Crippen molar-refractivity contribution in [1.29, 1.82) is 0 Å². The van der Waals surface area contributed by atoms with Gasteiger partial charge in [0.15, 0.2) is 11.2 Å². The lowest BCUT2D eigenvalue weighted by Crippen LogP contribution is -2.14. The smallest absolute Gasteiger partial charge is 0.356 e. The van der Waals surface area contributed by atoms with Crippen LogP contribution in [0.4, 0.5) is 5.95 Å². The van der Waals surface area contributed by atoms with E-state index in [1.165, 1.54) is 6.33 Å². The maximum Gasteiger partial charge on any atom is 0.356 e. The summed E-state index contributed by atoms with van der Waals surface area (Å²) in [7, 11) is -3.34. The van der Waals surface area contributed by atoms with Crippen LogP contribution in [0.3, 0.4) is 0 Å². The molecule has 0 radical (unpaired) electrons. The lowest BCUT2D eigenvalue weighted by atomic mass is 10.5. The van der Waals surface area contributed by atoms with E-state index in [1.54, 1.807) is 32.3 Å². The lowest BCUT2D eigenvalue weighted by molar-refractivity contribution is 0.0961. The summed E-state index contributed by atoms with van der Waals surface area (Å²) in [6, 6.07) is 0. The summed E-state index contributed by atoms with van der Waals surface area (Å²) in [5, 5.41) is 0. The molecule has 0 saturated carbocycles. The second kappa shape index (κ2) is 8.09. The number of nitrogens with zero attached hydrogens (tertiary/aromatic N) is 3. The van der Waals surface area contributed by atoms with Gasteiger partial charge in [0.25, 0.3) is 5.56 Å². The van der Waals surface area contributed by atoms with E-state index in [2.05, 4.69) is 15.0 Å². The van der Waals surface area contributed by atoms with Gasteiger partial charge in [-0.15, -0.1) is 0 Å². The minimum absolute atomic E-state index is 0.0142. The number of H-pyrrole nitrogens is 1. The predicted molar refractivity (Wildman–Crippen MR) is 93.4 cm³/mol. The van der Waals surface area contributed by atoms with Gasteiger partial charge >= 0.3 is 7.60 Å². The van der Waals surface area contributed by atoms with Gasteiger partial charge < -0.3 is 24.1 Å². The van der Waals surface area contributed by atoms with Crippen LogP contribution in [-0.2, 0) is 24.9 Å². The fourth-order valence-electron chi connectivity index (χ4n) is 2.20. The van der Waals surface area contributed by atoms with Crippen molar-refractivity contribution in [3.05, 3.63) is 16.7 Å². The zero-order valence-electron chi connectivity index (χ0n) is 14.8. The van der Waals surface area contributed by atoms with Gasteiger partial charge in [-0.05, 0) is 27.7 Å². The van der Waals surface area contributed by atoms with Crippen LogP contribution in [0.1, 0.15) is 27.7 Å². The first-order chi connectivity index (χ1) is 11.7. The Labute approximate surface area is 145 Å². The molecule has 0 aliphatic heterocycles. The molecular formula is C14H24N5O5P. The summed E-state index contributed by atoms with van der Waals surface area (Å²) >= 11 is 0. The summed E-state index contributed by atoms with van der Waals surface area (Å²) in [4.78, 5) is 22.2. The first-order valence-electron chi connectivity index (χ1n) is 7.94. The largest absolute Gasteiger partial charge is 0.369 e. The molecule has 2 aromatic heterocycles. The first kappa shape index (κ1) is 19.6. The minimum Gasteiger partial charge on any atom is -0.369 e. The number of nitrogens with one attached hydrogen (secondary N) is 1. The van der Waals surface area contributed by atoms with E-state index in [4.69, 9.17) is 19.5 Å². The highest BCUT2D eigenvalue weighted by molar-refractivity contribution is 7.53. The van der Waals surface area contributed by atoms with Crippen molar-refractivity contribution in [2.75, 3.05) is 18.7 Å². The summed E-state index contributed by atoms with van der Waals surface area (Å²) < 4.78 is 30.6. The molecule has 10 nitrogen and oxygen atoms in total. The van der Waals surface area contributed by atoms with E-state index in [0.717, 1.165) is 0 Å². The average Bonchev–Trinajstić information content (AvgIpc) is 2.85. The quantitative estimate of drug-likeness (QED) is 0.501. The van der Waals surface area contributed by atoms with Crippen LogP contribution in [0.2, 0.25) is 0 Å². The molecule has 0 aromatic carbocycles. The van der Waals surface area contributed by atoms with E-state index in [-0.39, 0.29) is 36.6 Å². The van der Waals surface area contributed by atoms with Gasteiger partial charge in [0.2, 0.25) is 5.95 Å². The van der Waals surface area contributed by atoms with Crippen molar-refractivity contribution < 1.29 is 18.3 Å². The molecular weight excluding hydrogens is 349 g/mol. The molecule has 2 aromatic rings. The Balaban J connectivity index is 1.98. The standard InChI is InChI=1S/C14H24N5O5P/c1-9(2)23-25(21,24-10(3)4)8-22-6-5-19-7-16-11-12(19)17-14(15)18-13(11)20/h7,9-10H,5-6,8H2,1-4H3,(H3,15,17,18,20). The maximum absolute atomic E-state index is 12.6. The van der Waals surface area contributed by atoms with Crippen molar-refractivity contribution in [2.45, 2.75) is 46.4 Å². The van der Waals surface area contributed by atoms with E-state index < -0.39 is 13.2 Å². The zero-order valence-corrected chi connectivity index (χ0v) is 15.7. The molecule has 0 atom stereocenters. The van der Waals surface area contributed by atoms with Crippen LogP contribution in [0.15, 0.2) is 11.1 Å². The Morgan fingerprint density at radius 1 is 1.28 bits per heavy atom. The number of fused-ring (bicyclic) bond motifs is 1. The van der Waals surface area contributed by atoms with Crippen LogP contribution < -0.4 is 11.3 Å². The van der Waals surface area contributed by atoms with Crippen molar-refractivity contribution in [3.8, 4) is 0 Å². The lowest BCUT2D eigenvalue weighted by Gasteiger charge is -2.22. The van der Waals surface area contributed by atoms with Crippen molar-refractivity contribution in [1.82, 2.24) is 19.5 Å². The number of aromatic nitrogens is 4. The number of hydrogen-bond donors (Lipinski definition) is 2. The van der Waals surface area contributed by atoms with E-state index in [1.807, 2.05) is 0 Å². The number of imidazole rings is 1. The Morgan fingerprint density at radius 2 is 1.92 bits per heavy atom. The number of anilines is 1. The van der Waals surface area contributed by atoms with Gasteiger partial charge in [-0.3, -0.25) is 14.3 Å². The summed E-state index contributed by atoms with van der Waals surface area (Å²) in [5.74, 6) is 0.0142. The van der Waals surface area contributed by atoms with Gasteiger partial charge in [0, 0.05) is 6.54 Å². The van der Waals surface area contributed by atoms with E-state index >= 15 is 0 Å². The molecule has 0 saturated heterocycles. The number of nitrogens with two attached hydrogens (primary N) is 1. The summed E-state index contributed by atoms with van der Waals surface area (Å²) in [6.45, 7) is 7.69. The molecule has 3 N–H and O–H groups in total. The van der Waals surface area contributed by atoms with Crippen LogP contribution in [-0.4, -0.2) is 44.7 Å². The van der Waals surface area contributed by atoms with E-state index in [0.29, 0.717) is 12.2 Å². The second-order valence-corrected chi connectivity index (χ2v) is 7.92. The fraction of sp³-hybridized carbons (Fsp3) is 0.643. The Hall–Kier alpha value is -1.74. The molecule has 0 amide bonds. The maximum atomic E-state index is 12.6. The highest BCUT2D eigenvalue weighted by atomic mass is 31.2. The minimum atomic E-state index is -3.34. The number of aromatic amines is 1. The van der Waals surface area contributed by atoms with Gasteiger partial charge in [0.1, 0.15) is 6.35 Å². The highest BCUT2D eigenvalue weighted by Crippen LogP contribution is 2.50. The fourth-order valence-corrected chi connectivity index (χ4v) is 4.01. The molecule has 25 heavy (non-hydrogen) atoms. The molecule has 0 aliphatic rings. The molecule has 0 aliphatic carbocycles. The molecule has 0 fully saturated rings. The molecule has 2 heterocycles. The molecule has 2 rings (SSSR count). The number of hydrogen-bond acceptors (Lipinski definition) is 8. The van der Waals surface area contributed by atoms with Gasteiger partial charge in [-0.2, -0.15) is 4.98 Å². The number of nitrogen functional groups attached to an aromatic ring is 1. The zero-order chi connectivity index (χ0) is 18.6. The van der Waals surface area contributed by atoms with Crippen LogP contribution in [0.5, 0.6) is 0 Å². The third kappa shape index (κ3) is 5.37. The van der Waals surface area contributed by atoms with Gasteiger partial charge in [0.05, 0.1) is 25.1 Å². The van der Waals surface area contributed by atoms with Crippen LogP contribution in [0, 0.1) is 0 Å². The normalized spacial score (nSPS) is 12.6.